The highest BCUT2D eigenvalue weighted by atomic mass is 32.2. The first-order valence-corrected chi connectivity index (χ1v) is 8.47. The summed E-state index contributed by atoms with van der Waals surface area (Å²) in [6.07, 6.45) is 3.47. The predicted molar refractivity (Wildman–Crippen MR) is 81.7 cm³/mol. The molecular weight excluding hydrogens is 254 g/mol. The summed E-state index contributed by atoms with van der Waals surface area (Å²) < 4.78 is 12.8. The van der Waals surface area contributed by atoms with Gasteiger partial charge in [0, 0.05) is 10.9 Å². The van der Waals surface area contributed by atoms with Crippen LogP contribution in [0.25, 0.3) is 0 Å². The van der Waals surface area contributed by atoms with Crippen LogP contribution in [0.15, 0.2) is 35.2 Å². The van der Waals surface area contributed by atoms with Gasteiger partial charge in [0.2, 0.25) is 0 Å². The van der Waals surface area contributed by atoms with E-state index in [2.05, 4.69) is 19.2 Å². The number of rotatable bonds is 4. The van der Waals surface area contributed by atoms with Crippen LogP contribution in [-0.4, -0.2) is 22.5 Å². The van der Waals surface area contributed by atoms with Crippen LogP contribution in [0, 0.1) is 11.8 Å². The monoisotopic (exact) mass is 279 g/mol. The first kappa shape index (κ1) is 14.7. The van der Waals surface area contributed by atoms with E-state index in [-0.39, 0.29) is 5.25 Å². The Morgan fingerprint density at radius 1 is 1.21 bits per heavy atom. The fourth-order valence-corrected chi connectivity index (χ4v) is 4.83. The van der Waals surface area contributed by atoms with E-state index < -0.39 is 10.8 Å². The third kappa shape index (κ3) is 3.46. The van der Waals surface area contributed by atoms with E-state index in [4.69, 9.17) is 0 Å². The lowest BCUT2D eigenvalue weighted by molar-refractivity contribution is 0.249. The predicted octanol–water partition coefficient (Wildman–Crippen LogP) is 3.21. The second-order valence-electron chi connectivity index (χ2n) is 5.86. The first-order valence-electron chi connectivity index (χ1n) is 7.26. The van der Waals surface area contributed by atoms with Gasteiger partial charge in [-0.15, -0.1) is 0 Å². The van der Waals surface area contributed by atoms with Crippen LogP contribution < -0.4 is 5.32 Å². The van der Waals surface area contributed by atoms with Crippen molar-refractivity contribution >= 4 is 10.8 Å². The average molecular weight is 279 g/mol. The molecule has 1 aromatic carbocycles. The molecule has 106 valence electrons. The standard InChI is InChI=1S/C16H25NOS/c1-12(2)13-9-10-15(17-3)16(11-13)19(18)14-7-5-4-6-8-14/h4-8,12-13,15-17H,9-11H2,1-3H3. The molecule has 0 radical (unpaired) electrons. The zero-order valence-electron chi connectivity index (χ0n) is 12.1. The van der Waals surface area contributed by atoms with Crippen LogP contribution in [-0.2, 0) is 10.8 Å². The zero-order chi connectivity index (χ0) is 13.8. The lowest BCUT2D eigenvalue weighted by Gasteiger charge is -2.37. The van der Waals surface area contributed by atoms with Crippen LogP contribution >= 0.6 is 0 Å². The Hall–Kier alpha value is -0.670. The van der Waals surface area contributed by atoms with Crippen LogP contribution in [0.5, 0.6) is 0 Å². The molecule has 1 fully saturated rings. The van der Waals surface area contributed by atoms with Crippen molar-refractivity contribution in [3.63, 3.8) is 0 Å². The van der Waals surface area contributed by atoms with E-state index in [1.807, 2.05) is 37.4 Å². The van der Waals surface area contributed by atoms with E-state index in [9.17, 15) is 4.21 Å². The van der Waals surface area contributed by atoms with Crippen molar-refractivity contribution < 1.29 is 4.21 Å². The highest BCUT2D eigenvalue weighted by Crippen LogP contribution is 2.34. The van der Waals surface area contributed by atoms with Gasteiger partial charge in [-0.25, -0.2) is 0 Å². The molecule has 0 heterocycles. The summed E-state index contributed by atoms with van der Waals surface area (Å²) in [6, 6.07) is 10.3. The van der Waals surface area contributed by atoms with Gasteiger partial charge in [-0.1, -0.05) is 32.0 Å². The Kier molecular flexibility index (Phi) is 5.17. The topological polar surface area (TPSA) is 29.1 Å². The molecule has 0 saturated heterocycles. The summed E-state index contributed by atoms with van der Waals surface area (Å²) in [5.41, 5.74) is 0. The minimum atomic E-state index is -0.900. The van der Waals surface area contributed by atoms with Crippen LogP contribution in [0.1, 0.15) is 33.1 Å². The Morgan fingerprint density at radius 3 is 2.47 bits per heavy atom. The van der Waals surface area contributed by atoms with E-state index in [0.717, 1.165) is 17.7 Å². The molecule has 2 nitrogen and oxygen atoms in total. The van der Waals surface area contributed by atoms with Gasteiger partial charge < -0.3 is 5.32 Å². The second kappa shape index (κ2) is 6.67. The van der Waals surface area contributed by atoms with Crippen molar-refractivity contribution in [2.45, 2.75) is 49.3 Å². The summed E-state index contributed by atoms with van der Waals surface area (Å²) in [5.74, 6) is 1.40. The van der Waals surface area contributed by atoms with Gasteiger partial charge in [-0.2, -0.15) is 0 Å². The van der Waals surface area contributed by atoms with Crippen molar-refractivity contribution in [1.29, 1.82) is 0 Å². The van der Waals surface area contributed by atoms with Crippen molar-refractivity contribution in [2.24, 2.45) is 11.8 Å². The lowest BCUT2D eigenvalue weighted by Crippen LogP contribution is -2.45. The SMILES string of the molecule is CNC1CCC(C(C)C)CC1S(=O)c1ccccc1. The Morgan fingerprint density at radius 2 is 1.89 bits per heavy atom. The Bertz CT molecular complexity index is 418. The maximum absolute atomic E-state index is 12.8. The molecule has 1 aromatic rings. The molecule has 1 aliphatic rings. The summed E-state index contributed by atoms with van der Waals surface area (Å²) in [7, 11) is 1.10. The quantitative estimate of drug-likeness (QED) is 0.917. The Labute approximate surface area is 119 Å². The maximum atomic E-state index is 12.8. The number of benzene rings is 1. The summed E-state index contributed by atoms with van der Waals surface area (Å²) >= 11 is 0. The molecule has 1 N–H and O–H groups in total. The summed E-state index contributed by atoms with van der Waals surface area (Å²) in [4.78, 5) is 0.970. The van der Waals surface area contributed by atoms with E-state index >= 15 is 0 Å². The van der Waals surface area contributed by atoms with Gasteiger partial charge in [0.1, 0.15) is 0 Å². The molecule has 2 rings (SSSR count). The molecule has 0 bridgehead atoms. The van der Waals surface area contributed by atoms with Gasteiger partial charge in [-0.3, -0.25) is 4.21 Å². The first-order chi connectivity index (χ1) is 9.13. The lowest BCUT2D eigenvalue weighted by atomic mass is 9.79. The third-order valence-electron chi connectivity index (χ3n) is 4.40. The second-order valence-corrected chi connectivity index (χ2v) is 7.53. The molecule has 4 atom stereocenters. The molecule has 0 amide bonds. The minimum Gasteiger partial charge on any atom is -0.316 e. The fraction of sp³-hybridized carbons (Fsp3) is 0.625. The molecule has 0 spiro atoms. The molecule has 3 heteroatoms. The van der Waals surface area contributed by atoms with E-state index in [0.29, 0.717) is 17.9 Å². The molecule has 1 saturated carbocycles. The number of hydrogen-bond acceptors (Lipinski definition) is 2. The van der Waals surface area contributed by atoms with Crippen molar-refractivity contribution in [3.8, 4) is 0 Å². The molecule has 1 aliphatic carbocycles. The van der Waals surface area contributed by atoms with Gasteiger partial charge in [0.25, 0.3) is 0 Å². The van der Waals surface area contributed by atoms with Crippen molar-refractivity contribution in [1.82, 2.24) is 5.32 Å². The summed E-state index contributed by atoms with van der Waals surface area (Å²) in [5, 5.41) is 3.62. The molecule has 4 unspecified atom stereocenters. The van der Waals surface area contributed by atoms with Crippen LogP contribution in [0.2, 0.25) is 0 Å². The minimum absolute atomic E-state index is 0.244. The smallest absolute Gasteiger partial charge is 0.0576 e. The molecule has 0 aliphatic heterocycles. The average Bonchev–Trinajstić information content (AvgIpc) is 2.46. The Balaban J connectivity index is 2.16. The maximum Gasteiger partial charge on any atom is 0.0576 e. The fourth-order valence-electron chi connectivity index (χ4n) is 3.06. The van der Waals surface area contributed by atoms with E-state index in [1.54, 1.807) is 0 Å². The van der Waals surface area contributed by atoms with Crippen molar-refractivity contribution in [3.05, 3.63) is 30.3 Å². The van der Waals surface area contributed by atoms with Crippen LogP contribution in [0.4, 0.5) is 0 Å². The van der Waals surface area contributed by atoms with Gasteiger partial charge in [-0.05, 0) is 50.3 Å². The van der Waals surface area contributed by atoms with Crippen LogP contribution in [0.3, 0.4) is 0 Å². The number of hydrogen-bond donors (Lipinski definition) is 1. The summed E-state index contributed by atoms with van der Waals surface area (Å²) in [6.45, 7) is 4.57. The number of nitrogens with one attached hydrogen (secondary N) is 1. The highest BCUT2D eigenvalue weighted by Gasteiger charge is 2.35. The van der Waals surface area contributed by atoms with Gasteiger partial charge >= 0.3 is 0 Å². The van der Waals surface area contributed by atoms with Crippen molar-refractivity contribution in [2.75, 3.05) is 7.05 Å². The third-order valence-corrected chi connectivity index (χ3v) is 6.20. The highest BCUT2D eigenvalue weighted by molar-refractivity contribution is 7.85. The van der Waals surface area contributed by atoms with Gasteiger partial charge in [0.05, 0.1) is 16.0 Å². The zero-order valence-corrected chi connectivity index (χ0v) is 13.0. The normalized spacial score (nSPS) is 29.4. The molecule has 0 aromatic heterocycles. The van der Waals surface area contributed by atoms with E-state index in [1.165, 1.54) is 6.42 Å². The molecule has 19 heavy (non-hydrogen) atoms. The molecular formula is C16H25NOS. The largest absolute Gasteiger partial charge is 0.316 e. The van der Waals surface area contributed by atoms with Gasteiger partial charge in [0.15, 0.2) is 0 Å².